The highest BCUT2D eigenvalue weighted by atomic mass is 35.5. The predicted octanol–water partition coefficient (Wildman–Crippen LogP) is 3.33. The molecule has 1 aliphatic heterocycles. The van der Waals surface area contributed by atoms with E-state index in [0.29, 0.717) is 24.6 Å². The average Bonchev–Trinajstić information content (AvgIpc) is 2.77. The maximum absolute atomic E-state index is 12.9. The molecular formula is C21H25ClN2O5S. The molecule has 1 aliphatic rings. The normalized spacial score (nSPS) is 14.9. The van der Waals surface area contributed by atoms with Crippen LogP contribution in [-0.4, -0.2) is 52.0 Å². The predicted molar refractivity (Wildman–Crippen MR) is 115 cm³/mol. The van der Waals surface area contributed by atoms with Crippen LogP contribution in [0.5, 0.6) is 11.5 Å². The summed E-state index contributed by atoms with van der Waals surface area (Å²) >= 11 is 6.16. The number of benzene rings is 2. The van der Waals surface area contributed by atoms with Crippen molar-refractivity contribution >= 4 is 27.5 Å². The van der Waals surface area contributed by atoms with Gasteiger partial charge in [-0.2, -0.15) is 4.31 Å². The number of carbonyl (C=O) groups excluding carboxylic acids is 1. The van der Waals surface area contributed by atoms with Crippen LogP contribution in [0.3, 0.4) is 0 Å². The fraction of sp³-hybridized carbons (Fsp3) is 0.381. The molecular weight excluding hydrogens is 428 g/mol. The molecule has 0 bridgehead atoms. The number of ether oxygens (including phenoxy) is 2. The summed E-state index contributed by atoms with van der Waals surface area (Å²) in [4.78, 5) is 12.5. The van der Waals surface area contributed by atoms with E-state index >= 15 is 0 Å². The molecule has 162 valence electrons. The van der Waals surface area contributed by atoms with Gasteiger partial charge in [0.1, 0.15) is 11.5 Å². The third-order valence-electron chi connectivity index (χ3n) is 4.84. The van der Waals surface area contributed by atoms with Crippen LogP contribution >= 0.6 is 11.6 Å². The van der Waals surface area contributed by atoms with Crippen LogP contribution < -0.4 is 14.8 Å². The molecule has 1 amide bonds. The number of amides is 1. The van der Waals surface area contributed by atoms with Crippen molar-refractivity contribution in [1.82, 2.24) is 9.62 Å². The molecule has 9 heteroatoms. The van der Waals surface area contributed by atoms with E-state index < -0.39 is 15.9 Å². The first kappa shape index (κ1) is 22.4. The van der Waals surface area contributed by atoms with Crippen molar-refractivity contribution in [2.45, 2.75) is 24.2 Å². The lowest BCUT2D eigenvalue weighted by Gasteiger charge is -2.26. The van der Waals surface area contributed by atoms with Gasteiger partial charge in [0, 0.05) is 18.7 Å². The summed E-state index contributed by atoms with van der Waals surface area (Å²) in [6.07, 6.45) is 2.66. The first-order chi connectivity index (χ1) is 14.4. The SMILES string of the molecule is COc1ccccc1OCCNC(=O)c1ccc(Cl)c(S(=O)(=O)N2CCCCC2)c1. The molecule has 1 N–H and O–H groups in total. The van der Waals surface area contributed by atoms with Crippen molar-refractivity contribution in [3.8, 4) is 11.5 Å². The van der Waals surface area contributed by atoms with Crippen LogP contribution in [0.25, 0.3) is 0 Å². The van der Waals surface area contributed by atoms with Crippen molar-refractivity contribution in [3.63, 3.8) is 0 Å². The van der Waals surface area contributed by atoms with E-state index in [-0.39, 0.29) is 28.6 Å². The quantitative estimate of drug-likeness (QED) is 0.621. The molecule has 0 atom stereocenters. The molecule has 0 radical (unpaired) electrons. The molecule has 7 nitrogen and oxygen atoms in total. The number of piperidine rings is 1. The second-order valence-electron chi connectivity index (χ2n) is 6.87. The Morgan fingerprint density at radius 1 is 1.10 bits per heavy atom. The number of halogens is 1. The van der Waals surface area contributed by atoms with E-state index in [1.54, 1.807) is 19.2 Å². The third-order valence-corrected chi connectivity index (χ3v) is 7.22. The number of sulfonamides is 1. The minimum Gasteiger partial charge on any atom is -0.493 e. The van der Waals surface area contributed by atoms with E-state index in [2.05, 4.69) is 5.32 Å². The number of hydrogen-bond donors (Lipinski definition) is 1. The van der Waals surface area contributed by atoms with E-state index in [4.69, 9.17) is 21.1 Å². The molecule has 3 rings (SSSR count). The largest absolute Gasteiger partial charge is 0.493 e. The number of para-hydroxylation sites is 2. The molecule has 0 spiro atoms. The number of nitrogens with zero attached hydrogens (tertiary/aromatic N) is 1. The minimum atomic E-state index is -3.73. The summed E-state index contributed by atoms with van der Waals surface area (Å²) in [5.41, 5.74) is 0.229. The van der Waals surface area contributed by atoms with Gasteiger partial charge in [-0.3, -0.25) is 4.79 Å². The van der Waals surface area contributed by atoms with Gasteiger partial charge in [-0.25, -0.2) is 8.42 Å². The zero-order valence-electron chi connectivity index (χ0n) is 16.8. The number of hydrogen-bond acceptors (Lipinski definition) is 5. The van der Waals surface area contributed by atoms with Gasteiger partial charge in [0.2, 0.25) is 10.0 Å². The van der Waals surface area contributed by atoms with Gasteiger partial charge in [-0.15, -0.1) is 0 Å². The van der Waals surface area contributed by atoms with E-state index in [1.807, 2.05) is 12.1 Å². The molecule has 0 aromatic heterocycles. The van der Waals surface area contributed by atoms with Crippen molar-refractivity contribution in [3.05, 3.63) is 53.1 Å². The van der Waals surface area contributed by atoms with Crippen molar-refractivity contribution in [2.24, 2.45) is 0 Å². The van der Waals surface area contributed by atoms with Crippen LogP contribution in [0.2, 0.25) is 5.02 Å². The van der Waals surface area contributed by atoms with Crippen LogP contribution in [0.15, 0.2) is 47.4 Å². The first-order valence-corrected chi connectivity index (χ1v) is 11.6. The summed E-state index contributed by atoms with van der Waals surface area (Å²) < 4.78 is 38.1. The second-order valence-corrected chi connectivity index (χ2v) is 9.18. The Kier molecular flexibility index (Phi) is 7.58. The second kappa shape index (κ2) is 10.1. The number of rotatable bonds is 8. The Bertz CT molecular complexity index is 991. The van der Waals surface area contributed by atoms with Crippen molar-refractivity contribution in [2.75, 3.05) is 33.4 Å². The lowest BCUT2D eigenvalue weighted by atomic mass is 10.2. The Balaban J connectivity index is 1.63. The third kappa shape index (κ3) is 5.24. The molecule has 1 saturated heterocycles. The van der Waals surface area contributed by atoms with Gasteiger partial charge >= 0.3 is 0 Å². The Morgan fingerprint density at radius 2 is 1.80 bits per heavy atom. The van der Waals surface area contributed by atoms with Gasteiger partial charge in [-0.05, 0) is 43.2 Å². The molecule has 0 aliphatic carbocycles. The van der Waals surface area contributed by atoms with Gasteiger partial charge in [-0.1, -0.05) is 30.2 Å². The van der Waals surface area contributed by atoms with Crippen LogP contribution in [0.1, 0.15) is 29.6 Å². The fourth-order valence-electron chi connectivity index (χ4n) is 3.25. The fourth-order valence-corrected chi connectivity index (χ4v) is 5.27. The standard InChI is InChI=1S/C21H25ClN2O5S/c1-28-18-7-3-4-8-19(18)29-14-11-23-21(25)16-9-10-17(22)20(15-16)30(26,27)24-12-5-2-6-13-24/h3-4,7-10,15H,2,5-6,11-14H2,1H3,(H,23,25). The Morgan fingerprint density at radius 3 is 2.50 bits per heavy atom. The summed E-state index contributed by atoms with van der Waals surface area (Å²) in [6, 6.07) is 11.5. The minimum absolute atomic E-state index is 0.0380. The Hall–Kier alpha value is -2.29. The lowest BCUT2D eigenvalue weighted by molar-refractivity contribution is 0.0946. The topological polar surface area (TPSA) is 84.9 Å². The molecule has 0 saturated carbocycles. The zero-order chi connectivity index (χ0) is 21.6. The number of methoxy groups -OCH3 is 1. The van der Waals surface area contributed by atoms with Gasteiger partial charge in [0.25, 0.3) is 5.91 Å². The highest BCUT2D eigenvalue weighted by Crippen LogP contribution is 2.28. The first-order valence-electron chi connectivity index (χ1n) is 9.77. The highest BCUT2D eigenvalue weighted by molar-refractivity contribution is 7.89. The summed E-state index contributed by atoms with van der Waals surface area (Å²) in [5.74, 6) is 0.787. The van der Waals surface area contributed by atoms with Gasteiger partial charge in [0.15, 0.2) is 11.5 Å². The lowest BCUT2D eigenvalue weighted by Crippen LogP contribution is -2.36. The molecule has 0 unspecified atom stereocenters. The van der Waals surface area contributed by atoms with Crippen LogP contribution in [0.4, 0.5) is 0 Å². The van der Waals surface area contributed by atoms with Crippen molar-refractivity contribution < 1.29 is 22.7 Å². The Labute approximate surface area is 182 Å². The number of carbonyl (C=O) groups is 1. The highest BCUT2D eigenvalue weighted by Gasteiger charge is 2.28. The maximum Gasteiger partial charge on any atom is 0.251 e. The van der Waals surface area contributed by atoms with E-state index in [1.165, 1.54) is 22.5 Å². The van der Waals surface area contributed by atoms with Crippen LogP contribution in [0, 0.1) is 0 Å². The zero-order valence-corrected chi connectivity index (χ0v) is 18.3. The van der Waals surface area contributed by atoms with E-state index in [0.717, 1.165) is 19.3 Å². The molecule has 1 fully saturated rings. The molecule has 30 heavy (non-hydrogen) atoms. The van der Waals surface area contributed by atoms with E-state index in [9.17, 15) is 13.2 Å². The summed E-state index contributed by atoms with van der Waals surface area (Å²) in [6.45, 7) is 1.41. The molecule has 1 heterocycles. The monoisotopic (exact) mass is 452 g/mol. The molecule has 2 aromatic rings. The molecule has 2 aromatic carbocycles. The van der Waals surface area contributed by atoms with Gasteiger partial charge < -0.3 is 14.8 Å². The smallest absolute Gasteiger partial charge is 0.251 e. The number of nitrogens with one attached hydrogen (secondary N) is 1. The summed E-state index contributed by atoms with van der Waals surface area (Å²) in [5, 5.41) is 2.84. The average molecular weight is 453 g/mol. The van der Waals surface area contributed by atoms with Gasteiger partial charge in [0.05, 0.1) is 18.7 Å². The van der Waals surface area contributed by atoms with Crippen LogP contribution in [-0.2, 0) is 10.0 Å². The maximum atomic E-state index is 12.9. The summed E-state index contributed by atoms with van der Waals surface area (Å²) in [7, 11) is -2.18. The van der Waals surface area contributed by atoms with Crippen molar-refractivity contribution in [1.29, 1.82) is 0 Å².